The molecule has 0 radical (unpaired) electrons. The lowest BCUT2D eigenvalue weighted by molar-refractivity contribution is 0.254. The van der Waals surface area contributed by atoms with Gasteiger partial charge in [-0.3, -0.25) is 5.10 Å². The molecule has 1 N–H and O–H groups in total. The minimum atomic E-state index is 0.652. The van der Waals surface area contributed by atoms with Crippen molar-refractivity contribution in [1.82, 2.24) is 25.1 Å². The summed E-state index contributed by atoms with van der Waals surface area (Å²) >= 11 is 1.97. The van der Waals surface area contributed by atoms with Gasteiger partial charge in [0.25, 0.3) is 0 Å². The predicted molar refractivity (Wildman–Crippen MR) is 143 cm³/mol. The van der Waals surface area contributed by atoms with Crippen molar-refractivity contribution in [3.8, 4) is 11.5 Å². The first-order valence-electron chi connectivity index (χ1n) is 12.5. The molecule has 0 aliphatic carbocycles. The van der Waals surface area contributed by atoms with Gasteiger partial charge in [0.05, 0.1) is 19.2 Å². The Hall–Kier alpha value is -2.72. The summed E-state index contributed by atoms with van der Waals surface area (Å²) in [5.41, 5.74) is 1.85. The van der Waals surface area contributed by atoms with Crippen LogP contribution in [0.2, 0.25) is 0 Å². The maximum absolute atomic E-state index is 6.21. The maximum atomic E-state index is 6.21. The van der Waals surface area contributed by atoms with E-state index in [9.17, 15) is 0 Å². The number of aromatic amines is 1. The third-order valence-electron chi connectivity index (χ3n) is 6.67. The van der Waals surface area contributed by atoms with E-state index in [1.54, 1.807) is 7.11 Å². The number of aromatic nitrogens is 4. The van der Waals surface area contributed by atoms with Crippen molar-refractivity contribution >= 4 is 40.2 Å². The largest absolute Gasteiger partial charge is 0.493 e. The van der Waals surface area contributed by atoms with E-state index >= 15 is 0 Å². The number of thioether (sulfide) groups is 1. The van der Waals surface area contributed by atoms with Gasteiger partial charge in [0.15, 0.2) is 17.3 Å². The van der Waals surface area contributed by atoms with Crippen molar-refractivity contribution in [2.45, 2.75) is 26.2 Å². The van der Waals surface area contributed by atoms with Crippen molar-refractivity contribution in [1.29, 1.82) is 0 Å². The predicted octanol–water partition coefficient (Wildman–Crippen LogP) is 3.86. The van der Waals surface area contributed by atoms with E-state index in [1.807, 2.05) is 48.8 Å². The fourth-order valence-corrected chi connectivity index (χ4v) is 5.60. The highest BCUT2D eigenvalue weighted by atomic mass is 32.2. The molecule has 0 unspecified atom stereocenters. The lowest BCUT2D eigenvalue weighted by Gasteiger charge is -2.28. The van der Waals surface area contributed by atoms with Crippen LogP contribution in [0.15, 0.2) is 18.2 Å². The van der Waals surface area contributed by atoms with Gasteiger partial charge in [0.2, 0.25) is 5.95 Å². The number of benzene rings is 1. The minimum absolute atomic E-state index is 0.652. The first-order chi connectivity index (χ1) is 17.1. The zero-order chi connectivity index (χ0) is 24.2. The average Bonchev–Trinajstić information content (AvgIpc) is 3.57. The van der Waals surface area contributed by atoms with Crippen LogP contribution in [0.5, 0.6) is 11.5 Å². The summed E-state index contributed by atoms with van der Waals surface area (Å²) in [4.78, 5) is 16.8. The van der Waals surface area contributed by atoms with E-state index in [4.69, 9.17) is 19.4 Å². The van der Waals surface area contributed by atoms with E-state index in [-0.39, 0.29) is 0 Å². The number of nitrogens with zero attached hydrogens (tertiary/aromatic N) is 6. The van der Waals surface area contributed by atoms with Gasteiger partial charge in [-0.15, -0.1) is 0 Å². The fourth-order valence-electron chi connectivity index (χ4n) is 4.70. The van der Waals surface area contributed by atoms with Crippen LogP contribution in [0, 0.1) is 6.92 Å². The van der Waals surface area contributed by atoms with E-state index in [0.717, 1.165) is 77.5 Å². The highest BCUT2D eigenvalue weighted by molar-refractivity contribution is 7.99. The molecule has 5 rings (SSSR count). The molecule has 1 aromatic carbocycles. The number of fused-ring (bicyclic) bond motifs is 1. The third kappa shape index (κ3) is 5.43. The molecule has 9 nitrogen and oxygen atoms in total. The first kappa shape index (κ1) is 24.0. The molecule has 0 atom stereocenters. The normalized spacial score (nSPS) is 16.7. The summed E-state index contributed by atoms with van der Waals surface area (Å²) in [7, 11) is 3.67. The van der Waals surface area contributed by atoms with Crippen molar-refractivity contribution in [3.05, 3.63) is 23.9 Å². The summed E-state index contributed by atoms with van der Waals surface area (Å²) in [6.07, 6.45) is 3.62. The second-order valence-corrected chi connectivity index (χ2v) is 10.4. The Morgan fingerprint density at radius 3 is 2.57 bits per heavy atom. The average molecular weight is 498 g/mol. The van der Waals surface area contributed by atoms with E-state index in [0.29, 0.717) is 12.4 Å². The number of anilines is 3. The zero-order valence-corrected chi connectivity index (χ0v) is 21.7. The number of nitrogens with one attached hydrogen (secondary N) is 1. The summed E-state index contributed by atoms with van der Waals surface area (Å²) in [5.74, 6) is 5.94. The number of rotatable bonds is 9. The van der Waals surface area contributed by atoms with Gasteiger partial charge in [-0.05, 0) is 45.3 Å². The minimum Gasteiger partial charge on any atom is -0.493 e. The topological polar surface area (TPSA) is 82.6 Å². The monoisotopic (exact) mass is 497 g/mol. The molecular formula is C25H35N7O2S. The molecule has 2 aliphatic heterocycles. The Balaban J connectivity index is 1.47. The van der Waals surface area contributed by atoms with Crippen molar-refractivity contribution < 1.29 is 9.47 Å². The Labute approximate surface area is 211 Å². The highest BCUT2D eigenvalue weighted by Gasteiger charge is 2.22. The number of hydrogen-bond donors (Lipinski definition) is 1. The van der Waals surface area contributed by atoms with Crippen molar-refractivity contribution in [2.24, 2.45) is 0 Å². The lowest BCUT2D eigenvalue weighted by atomic mass is 10.2. The van der Waals surface area contributed by atoms with Crippen LogP contribution in [0.3, 0.4) is 0 Å². The molecule has 10 heteroatoms. The van der Waals surface area contributed by atoms with Crippen LogP contribution >= 0.6 is 11.8 Å². The van der Waals surface area contributed by atoms with Crippen LogP contribution in [0.25, 0.3) is 10.9 Å². The van der Waals surface area contributed by atoms with Gasteiger partial charge < -0.3 is 24.2 Å². The zero-order valence-electron chi connectivity index (χ0n) is 20.9. The van der Waals surface area contributed by atoms with Gasteiger partial charge >= 0.3 is 0 Å². The summed E-state index contributed by atoms with van der Waals surface area (Å²) in [5, 5.41) is 8.38. The van der Waals surface area contributed by atoms with Crippen LogP contribution in [0.1, 0.15) is 25.0 Å². The highest BCUT2D eigenvalue weighted by Crippen LogP contribution is 2.38. The number of H-pyrrole nitrogens is 1. The molecule has 0 spiro atoms. The quantitative estimate of drug-likeness (QED) is 0.443. The number of methoxy groups -OCH3 is 1. The Kier molecular flexibility index (Phi) is 7.48. The van der Waals surface area contributed by atoms with Gasteiger partial charge in [-0.1, -0.05) is 0 Å². The van der Waals surface area contributed by atoms with Gasteiger partial charge in [0, 0.05) is 61.4 Å². The van der Waals surface area contributed by atoms with Gasteiger partial charge in [-0.25, -0.2) is 4.98 Å². The van der Waals surface area contributed by atoms with Gasteiger partial charge in [0.1, 0.15) is 5.82 Å². The summed E-state index contributed by atoms with van der Waals surface area (Å²) < 4.78 is 11.9. The van der Waals surface area contributed by atoms with Crippen LogP contribution in [-0.2, 0) is 0 Å². The Bertz CT molecular complexity index is 1140. The molecular weight excluding hydrogens is 462 g/mol. The molecule has 0 amide bonds. The van der Waals surface area contributed by atoms with Crippen LogP contribution in [-0.4, -0.2) is 90.1 Å². The third-order valence-corrected chi connectivity index (χ3v) is 7.61. The smallest absolute Gasteiger partial charge is 0.227 e. The first-order valence-corrected chi connectivity index (χ1v) is 13.6. The van der Waals surface area contributed by atoms with E-state index in [2.05, 4.69) is 20.0 Å². The number of hydrogen-bond acceptors (Lipinski definition) is 9. The Morgan fingerprint density at radius 2 is 1.86 bits per heavy atom. The van der Waals surface area contributed by atoms with E-state index < -0.39 is 0 Å². The maximum Gasteiger partial charge on any atom is 0.227 e. The molecule has 0 saturated carbocycles. The van der Waals surface area contributed by atoms with Crippen LogP contribution < -0.4 is 19.3 Å². The van der Waals surface area contributed by atoms with Crippen LogP contribution in [0.4, 0.5) is 17.6 Å². The van der Waals surface area contributed by atoms with Gasteiger partial charge in [-0.2, -0.15) is 21.8 Å². The molecule has 2 saturated heterocycles. The molecule has 35 heavy (non-hydrogen) atoms. The fraction of sp³-hybridized carbons (Fsp3) is 0.560. The van der Waals surface area contributed by atoms with Crippen molar-refractivity contribution in [2.75, 3.05) is 74.8 Å². The SMILES string of the molecule is COc1cc2c(N(C)c3cc(C)[nH]n3)nc(N3CCSCC3)nc2cc1OCCCN1CCCC1. The Morgan fingerprint density at radius 1 is 1.06 bits per heavy atom. The molecule has 2 fully saturated rings. The molecule has 188 valence electrons. The lowest BCUT2D eigenvalue weighted by Crippen LogP contribution is -2.34. The summed E-state index contributed by atoms with van der Waals surface area (Å²) in [6, 6.07) is 6.01. The molecule has 4 heterocycles. The summed E-state index contributed by atoms with van der Waals surface area (Å²) in [6.45, 7) is 8.02. The van der Waals surface area contributed by atoms with E-state index in [1.165, 1.54) is 25.9 Å². The second kappa shape index (κ2) is 10.9. The molecule has 2 aromatic heterocycles. The molecule has 2 aliphatic rings. The second-order valence-electron chi connectivity index (χ2n) is 9.19. The molecule has 0 bridgehead atoms. The van der Waals surface area contributed by atoms with Crippen molar-refractivity contribution in [3.63, 3.8) is 0 Å². The molecule has 3 aromatic rings. The number of likely N-dealkylation sites (tertiary alicyclic amines) is 1. The number of aryl methyl sites for hydroxylation is 1. The standard InChI is InChI=1S/C25H35N7O2S/c1-18-15-23(29-28-18)30(2)24-19-16-21(33-3)22(34-12-6-9-31-7-4-5-8-31)17-20(19)26-25(27-24)32-10-13-35-14-11-32/h15-17H,4-14H2,1-3H3,(H,28,29). The number of ether oxygens (including phenoxy) is 2.